The van der Waals surface area contributed by atoms with E-state index in [9.17, 15) is 0 Å². The summed E-state index contributed by atoms with van der Waals surface area (Å²) in [7, 11) is 1.69. The summed E-state index contributed by atoms with van der Waals surface area (Å²) in [6.07, 6.45) is 0. The summed E-state index contributed by atoms with van der Waals surface area (Å²) in [4.78, 5) is 0. The van der Waals surface area contributed by atoms with Gasteiger partial charge in [-0.15, -0.1) is 0 Å². The van der Waals surface area contributed by atoms with E-state index >= 15 is 0 Å². The summed E-state index contributed by atoms with van der Waals surface area (Å²) < 4.78 is 10.8. The third-order valence-electron chi connectivity index (χ3n) is 3.03. The van der Waals surface area contributed by atoms with Crippen LogP contribution in [-0.2, 0) is 11.3 Å². The number of halogens is 1. The molecule has 0 unspecified atom stereocenters. The molecule has 0 aliphatic heterocycles. The zero-order valence-corrected chi connectivity index (χ0v) is 13.1. The number of ether oxygens (including phenoxy) is 2. The van der Waals surface area contributed by atoms with E-state index in [1.54, 1.807) is 7.11 Å². The Morgan fingerprint density at radius 3 is 2.71 bits per heavy atom. The lowest BCUT2D eigenvalue weighted by Crippen LogP contribution is -2.18. The second kappa shape index (κ2) is 8.03. The minimum atomic E-state index is 0.613. The van der Waals surface area contributed by atoms with E-state index in [4.69, 9.17) is 21.1 Å². The van der Waals surface area contributed by atoms with Crippen LogP contribution in [0.5, 0.6) is 11.5 Å². The summed E-state index contributed by atoms with van der Waals surface area (Å²) >= 11 is 6.28. The van der Waals surface area contributed by atoms with Gasteiger partial charge < -0.3 is 14.8 Å². The van der Waals surface area contributed by atoms with E-state index in [1.807, 2.05) is 49.4 Å². The lowest BCUT2D eigenvalue weighted by Gasteiger charge is -2.10. The average molecular weight is 306 g/mol. The molecule has 0 heterocycles. The van der Waals surface area contributed by atoms with Gasteiger partial charge in [-0.25, -0.2) is 0 Å². The van der Waals surface area contributed by atoms with Gasteiger partial charge in [0, 0.05) is 20.2 Å². The maximum atomic E-state index is 6.28. The van der Waals surface area contributed by atoms with Crippen LogP contribution < -0.4 is 10.1 Å². The third kappa shape index (κ3) is 5.05. The summed E-state index contributed by atoms with van der Waals surface area (Å²) in [5, 5.41) is 3.90. The number of aryl methyl sites for hydroxylation is 1. The molecule has 2 aromatic carbocycles. The molecule has 21 heavy (non-hydrogen) atoms. The Hall–Kier alpha value is -1.55. The standard InChI is InChI=1S/C17H20ClNO2/c1-13-4-3-5-15(10-13)21-17-7-6-14(11-16(17)18)12-19-8-9-20-2/h3-7,10-11,19H,8-9,12H2,1-2H3. The van der Waals surface area contributed by atoms with E-state index in [0.717, 1.165) is 30.0 Å². The number of hydrogen-bond acceptors (Lipinski definition) is 3. The first-order chi connectivity index (χ1) is 10.2. The van der Waals surface area contributed by atoms with Gasteiger partial charge in [-0.3, -0.25) is 0 Å². The molecule has 112 valence electrons. The molecule has 1 N–H and O–H groups in total. The molecule has 0 saturated heterocycles. The van der Waals surface area contributed by atoms with Crippen LogP contribution in [0.4, 0.5) is 0 Å². The molecule has 0 spiro atoms. The van der Waals surface area contributed by atoms with Crippen LogP contribution in [0.15, 0.2) is 42.5 Å². The SMILES string of the molecule is COCCNCc1ccc(Oc2cccc(C)c2)c(Cl)c1. The zero-order chi connectivity index (χ0) is 15.1. The van der Waals surface area contributed by atoms with Gasteiger partial charge in [0.2, 0.25) is 0 Å². The van der Waals surface area contributed by atoms with Crippen molar-refractivity contribution in [3.63, 3.8) is 0 Å². The van der Waals surface area contributed by atoms with Gasteiger partial charge in [0.15, 0.2) is 0 Å². The Labute approximate surface area is 130 Å². The van der Waals surface area contributed by atoms with Gasteiger partial charge in [-0.2, -0.15) is 0 Å². The summed E-state index contributed by atoms with van der Waals surface area (Å²) in [6.45, 7) is 4.30. The Balaban J connectivity index is 1.98. The number of rotatable bonds is 7. The molecule has 2 aromatic rings. The van der Waals surface area contributed by atoms with Crippen LogP contribution in [0.1, 0.15) is 11.1 Å². The maximum Gasteiger partial charge on any atom is 0.146 e. The molecule has 4 heteroatoms. The van der Waals surface area contributed by atoms with E-state index in [1.165, 1.54) is 0 Å². The molecule has 0 aromatic heterocycles. The Morgan fingerprint density at radius 1 is 1.14 bits per heavy atom. The fourth-order valence-electron chi connectivity index (χ4n) is 1.95. The van der Waals surface area contributed by atoms with Gasteiger partial charge in [-0.1, -0.05) is 29.8 Å². The average Bonchev–Trinajstić information content (AvgIpc) is 2.46. The number of methoxy groups -OCH3 is 1. The van der Waals surface area contributed by atoms with Crippen molar-refractivity contribution in [3.8, 4) is 11.5 Å². The maximum absolute atomic E-state index is 6.28. The van der Waals surface area contributed by atoms with Crippen molar-refractivity contribution in [1.82, 2.24) is 5.32 Å². The van der Waals surface area contributed by atoms with Crippen molar-refractivity contribution in [1.29, 1.82) is 0 Å². The first kappa shape index (κ1) is 15.8. The molecule has 0 amide bonds. The number of nitrogens with one attached hydrogen (secondary N) is 1. The molecule has 0 saturated carbocycles. The van der Waals surface area contributed by atoms with Gasteiger partial charge in [0.25, 0.3) is 0 Å². The Morgan fingerprint density at radius 2 is 2.00 bits per heavy atom. The third-order valence-corrected chi connectivity index (χ3v) is 3.32. The van der Waals surface area contributed by atoms with Gasteiger partial charge >= 0.3 is 0 Å². The monoisotopic (exact) mass is 305 g/mol. The smallest absolute Gasteiger partial charge is 0.146 e. The van der Waals surface area contributed by atoms with Gasteiger partial charge in [0.1, 0.15) is 11.5 Å². The fourth-order valence-corrected chi connectivity index (χ4v) is 2.19. The molecule has 0 atom stereocenters. The predicted molar refractivity (Wildman–Crippen MR) is 86.3 cm³/mol. The van der Waals surface area contributed by atoms with Crippen LogP contribution in [0.2, 0.25) is 5.02 Å². The highest BCUT2D eigenvalue weighted by Crippen LogP contribution is 2.30. The normalized spacial score (nSPS) is 10.6. The quantitative estimate of drug-likeness (QED) is 0.779. The lowest BCUT2D eigenvalue weighted by atomic mass is 10.2. The van der Waals surface area contributed by atoms with E-state index in [2.05, 4.69) is 5.32 Å². The first-order valence-electron chi connectivity index (χ1n) is 6.91. The van der Waals surface area contributed by atoms with Crippen LogP contribution in [0.3, 0.4) is 0 Å². The second-order valence-electron chi connectivity index (χ2n) is 4.85. The molecule has 2 rings (SSSR count). The van der Waals surface area contributed by atoms with Crippen LogP contribution >= 0.6 is 11.6 Å². The van der Waals surface area contributed by atoms with Crippen LogP contribution in [-0.4, -0.2) is 20.3 Å². The topological polar surface area (TPSA) is 30.5 Å². The Bertz CT molecular complexity index is 587. The highest BCUT2D eigenvalue weighted by atomic mass is 35.5. The number of benzene rings is 2. The largest absolute Gasteiger partial charge is 0.456 e. The van der Waals surface area contributed by atoms with Gasteiger partial charge in [-0.05, 0) is 42.3 Å². The summed E-state index contributed by atoms with van der Waals surface area (Å²) in [5.74, 6) is 1.46. The lowest BCUT2D eigenvalue weighted by molar-refractivity contribution is 0.199. The van der Waals surface area contributed by atoms with Crippen molar-refractivity contribution in [3.05, 3.63) is 58.6 Å². The highest BCUT2D eigenvalue weighted by Gasteiger charge is 2.05. The van der Waals surface area contributed by atoms with E-state index in [-0.39, 0.29) is 0 Å². The second-order valence-corrected chi connectivity index (χ2v) is 5.26. The highest BCUT2D eigenvalue weighted by molar-refractivity contribution is 6.32. The molecule has 0 aliphatic carbocycles. The van der Waals surface area contributed by atoms with Gasteiger partial charge in [0.05, 0.1) is 11.6 Å². The molecule has 0 radical (unpaired) electrons. The minimum Gasteiger partial charge on any atom is -0.456 e. The first-order valence-corrected chi connectivity index (χ1v) is 7.29. The van der Waals surface area contributed by atoms with Crippen molar-refractivity contribution in [2.75, 3.05) is 20.3 Å². The molecular formula is C17H20ClNO2. The number of hydrogen-bond donors (Lipinski definition) is 1. The summed E-state index contributed by atoms with van der Waals surface area (Å²) in [6, 6.07) is 13.7. The van der Waals surface area contributed by atoms with Crippen molar-refractivity contribution < 1.29 is 9.47 Å². The van der Waals surface area contributed by atoms with Crippen molar-refractivity contribution in [2.45, 2.75) is 13.5 Å². The molecule has 0 aliphatic rings. The summed E-state index contributed by atoms with van der Waals surface area (Å²) in [5.41, 5.74) is 2.27. The predicted octanol–water partition coefficient (Wildman–Crippen LogP) is 4.18. The molecule has 0 fully saturated rings. The zero-order valence-electron chi connectivity index (χ0n) is 12.4. The minimum absolute atomic E-state index is 0.613. The van der Waals surface area contributed by atoms with E-state index in [0.29, 0.717) is 17.4 Å². The van der Waals surface area contributed by atoms with Crippen molar-refractivity contribution in [2.24, 2.45) is 0 Å². The van der Waals surface area contributed by atoms with Crippen LogP contribution in [0.25, 0.3) is 0 Å². The van der Waals surface area contributed by atoms with Crippen LogP contribution in [0, 0.1) is 6.92 Å². The molecule has 0 bridgehead atoms. The molecular weight excluding hydrogens is 286 g/mol. The molecule has 3 nitrogen and oxygen atoms in total. The van der Waals surface area contributed by atoms with Crippen molar-refractivity contribution >= 4 is 11.6 Å². The fraction of sp³-hybridized carbons (Fsp3) is 0.294. The Kier molecular flexibility index (Phi) is 6.05. The van der Waals surface area contributed by atoms with E-state index < -0.39 is 0 Å².